The molecule has 0 bridgehead atoms. The molecule has 2 rings (SSSR count). The molecule has 0 spiro atoms. The van der Waals surface area contributed by atoms with E-state index in [1.54, 1.807) is 0 Å². The van der Waals surface area contributed by atoms with Crippen LogP contribution in [0.5, 0.6) is 10.8 Å². The Morgan fingerprint density at radius 3 is 2.60 bits per heavy atom. The fourth-order valence-electron chi connectivity index (χ4n) is 1.44. The highest BCUT2D eigenvalue weighted by molar-refractivity contribution is 7.14. The molecule has 0 amide bonds. The van der Waals surface area contributed by atoms with Crippen molar-refractivity contribution in [1.29, 1.82) is 0 Å². The average Bonchev–Trinajstić information content (AvgIpc) is 2.78. The van der Waals surface area contributed by atoms with E-state index in [9.17, 15) is 24.0 Å². The number of rotatable bonds is 4. The number of hydrogen-bond acceptors (Lipinski definition) is 5. The summed E-state index contributed by atoms with van der Waals surface area (Å²) in [5, 5.41) is 20.2. The molecule has 0 aliphatic carbocycles. The van der Waals surface area contributed by atoms with Crippen molar-refractivity contribution in [2.75, 3.05) is 0 Å². The molecule has 1 N–H and O–H groups in total. The average molecular weight is 301 g/mol. The van der Waals surface area contributed by atoms with E-state index in [0.717, 1.165) is 29.5 Å². The maximum atomic E-state index is 13.0. The number of hydrogen-bond donors (Lipinski definition) is 1. The molecule has 0 fully saturated rings. The fourth-order valence-corrected chi connectivity index (χ4v) is 2.37. The lowest BCUT2D eigenvalue weighted by Crippen LogP contribution is -1.91. The molecule has 20 heavy (non-hydrogen) atoms. The molecule has 0 radical (unpaired) electrons. The second-order valence-electron chi connectivity index (χ2n) is 3.93. The van der Waals surface area contributed by atoms with Gasteiger partial charge in [0.05, 0.1) is 11.0 Å². The second kappa shape index (κ2) is 5.51. The minimum absolute atomic E-state index is 0.0639. The molecule has 1 atom stereocenters. The van der Waals surface area contributed by atoms with Crippen LogP contribution in [0.3, 0.4) is 0 Å². The Morgan fingerprint density at radius 2 is 2.05 bits per heavy atom. The molecular weight excluding hydrogens is 292 g/mol. The number of halogens is 2. The topological polar surface area (TPSA) is 72.6 Å². The summed E-state index contributed by atoms with van der Waals surface area (Å²) in [5.74, 6) is -2.22. The van der Waals surface area contributed by atoms with Gasteiger partial charge in [0, 0.05) is 17.0 Å². The van der Waals surface area contributed by atoms with Gasteiger partial charge in [-0.25, -0.2) is 8.78 Å². The first-order valence-electron chi connectivity index (χ1n) is 5.47. The van der Waals surface area contributed by atoms with Crippen molar-refractivity contribution in [3.63, 3.8) is 0 Å². The lowest BCUT2D eigenvalue weighted by Gasteiger charge is -2.03. The van der Waals surface area contributed by atoms with E-state index < -0.39 is 22.7 Å². The van der Waals surface area contributed by atoms with Gasteiger partial charge in [0.2, 0.25) is 0 Å². The smallest absolute Gasteiger partial charge is 0.323 e. The van der Waals surface area contributed by atoms with Gasteiger partial charge < -0.3 is 9.84 Å². The zero-order valence-corrected chi connectivity index (χ0v) is 11.0. The number of benzene rings is 1. The highest BCUT2D eigenvalue weighted by Crippen LogP contribution is 2.42. The standard InChI is InChI=1S/C12H9F2NO4S/c1-6(16)11-5-10(15(17)18)12(20-11)19-7-2-3-8(13)9(14)4-7/h2-6,16H,1H3. The summed E-state index contributed by atoms with van der Waals surface area (Å²) in [5.41, 5.74) is -0.337. The number of nitro groups is 1. The fraction of sp³-hybridized carbons (Fsp3) is 0.167. The van der Waals surface area contributed by atoms with Gasteiger partial charge >= 0.3 is 5.69 Å². The van der Waals surface area contributed by atoms with Crippen molar-refractivity contribution in [3.8, 4) is 10.8 Å². The first kappa shape index (κ1) is 14.4. The van der Waals surface area contributed by atoms with Crippen molar-refractivity contribution in [2.45, 2.75) is 13.0 Å². The molecule has 1 aromatic heterocycles. The molecule has 1 unspecified atom stereocenters. The van der Waals surface area contributed by atoms with Gasteiger partial charge in [-0.15, -0.1) is 0 Å². The van der Waals surface area contributed by atoms with E-state index >= 15 is 0 Å². The highest BCUT2D eigenvalue weighted by atomic mass is 32.1. The van der Waals surface area contributed by atoms with E-state index in [1.807, 2.05) is 0 Å². The van der Waals surface area contributed by atoms with Crippen LogP contribution in [-0.2, 0) is 0 Å². The van der Waals surface area contributed by atoms with E-state index in [2.05, 4.69) is 0 Å². The predicted molar refractivity (Wildman–Crippen MR) is 68.0 cm³/mol. The normalized spacial score (nSPS) is 12.2. The van der Waals surface area contributed by atoms with E-state index in [1.165, 1.54) is 13.0 Å². The van der Waals surface area contributed by atoms with Crippen LogP contribution < -0.4 is 4.74 Å². The highest BCUT2D eigenvalue weighted by Gasteiger charge is 2.23. The third kappa shape index (κ3) is 2.91. The lowest BCUT2D eigenvalue weighted by molar-refractivity contribution is -0.385. The van der Waals surface area contributed by atoms with Gasteiger partial charge in [-0.05, 0) is 19.1 Å². The predicted octanol–water partition coefficient (Wildman–Crippen LogP) is 3.78. The molecule has 2 aromatic rings. The Balaban J connectivity index is 2.36. The van der Waals surface area contributed by atoms with Crippen molar-refractivity contribution >= 4 is 17.0 Å². The van der Waals surface area contributed by atoms with Crippen LogP contribution in [-0.4, -0.2) is 10.0 Å². The maximum absolute atomic E-state index is 13.0. The van der Waals surface area contributed by atoms with E-state index in [-0.39, 0.29) is 16.5 Å². The Bertz CT molecular complexity index is 657. The van der Waals surface area contributed by atoms with E-state index in [4.69, 9.17) is 4.74 Å². The molecule has 5 nitrogen and oxygen atoms in total. The quantitative estimate of drug-likeness (QED) is 0.689. The van der Waals surface area contributed by atoms with Gasteiger partial charge in [0.1, 0.15) is 5.75 Å². The minimum Gasteiger partial charge on any atom is -0.440 e. The molecule has 1 heterocycles. The molecule has 0 aliphatic heterocycles. The van der Waals surface area contributed by atoms with Crippen LogP contribution in [0.2, 0.25) is 0 Å². The number of aliphatic hydroxyl groups is 1. The van der Waals surface area contributed by atoms with Crippen LogP contribution in [0.4, 0.5) is 14.5 Å². The second-order valence-corrected chi connectivity index (χ2v) is 4.98. The molecule has 0 aliphatic rings. The number of aliphatic hydroxyl groups excluding tert-OH is 1. The lowest BCUT2D eigenvalue weighted by atomic mass is 10.3. The van der Waals surface area contributed by atoms with Crippen LogP contribution >= 0.6 is 11.3 Å². The summed E-state index contributed by atoms with van der Waals surface area (Å²) in [6.07, 6.45) is -0.888. The molecule has 0 saturated carbocycles. The number of nitrogens with zero attached hydrogens (tertiary/aromatic N) is 1. The Kier molecular flexibility index (Phi) is 3.96. The van der Waals surface area contributed by atoms with Crippen LogP contribution in [0.15, 0.2) is 24.3 Å². The molecule has 1 aromatic carbocycles. The van der Waals surface area contributed by atoms with Gasteiger partial charge in [0.25, 0.3) is 5.06 Å². The van der Waals surface area contributed by atoms with Crippen molar-refractivity contribution in [3.05, 3.63) is 50.9 Å². The molecule has 0 saturated heterocycles. The Morgan fingerprint density at radius 1 is 1.35 bits per heavy atom. The summed E-state index contributed by atoms with van der Waals surface area (Å²) in [7, 11) is 0. The van der Waals surface area contributed by atoms with Crippen molar-refractivity contribution in [1.82, 2.24) is 0 Å². The minimum atomic E-state index is -1.11. The van der Waals surface area contributed by atoms with Crippen LogP contribution in [0.1, 0.15) is 17.9 Å². The third-order valence-corrected chi connectivity index (χ3v) is 3.58. The molecule has 106 valence electrons. The van der Waals surface area contributed by atoms with Gasteiger partial charge in [0.15, 0.2) is 11.6 Å². The first-order valence-corrected chi connectivity index (χ1v) is 6.29. The maximum Gasteiger partial charge on any atom is 0.323 e. The Hall–Kier alpha value is -2.06. The Labute approximate surface area is 116 Å². The zero-order valence-electron chi connectivity index (χ0n) is 10.2. The zero-order chi connectivity index (χ0) is 14.9. The summed E-state index contributed by atoms with van der Waals surface area (Å²) >= 11 is 0.871. The van der Waals surface area contributed by atoms with Gasteiger partial charge in [-0.1, -0.05) is 11.3 Å². The van der Waals surface area contributed by atoms with Crippen LogP contribution in [0.25, 0.3) is 0 Å². The first-order chi connectivity index (χ1) is 9.38. The summed E-state index contributed by atoms with van der Waals surface area (Å²) < 4.78 is 31.0. The molecular formula is C12H9F2NO4S. The largest absolute Gasteiger partial charge is 0.440 e. The van der Waals surface area contributed by atoms with Crippen molar-refractivity contribution in [2.24, 2.45) is 0 Å². The monoisotopic (exact) mass is 301 g/mol. The van der Waals surface area contributed by atoms with Gasteiger partial charge in [-0.2, -0.15) is 0 Å². The van der Waals surface area contributed by atoms with E-state index in [0.29, 0.717) is 4.88 Å². The summed E-state index contributed by atoms with van der Waals surface area (Å²) in [6.45, 7) is 1.46. The summed E-state index contributed by atoms with van der Waals surface area (Å²) in [4.78, 5) is 10.6. The van der Waals surface area contributed by atoms with Crippen LogP contribution in [0, 0.1) is 21.7 Å². The van der Waals surface area contributed by atoms with Gasteiger partial charge in [-0.3, -0.25) is 10.1 Å². The molecule has 8 heteroatoms. The number of ether oxygens (including phenoxy) is 1. The third-order valence-electron chi connectivity index (χ3n) is 2.41. The summed E-state index contributed by atoms with van der Waals surface area (Å²) in [6, 6.07) is 4.00. The van der Waals surface area contributed by atoms with Crippen molar-refractivity contribution < 1.29 is 23.5 Å². The number of thiophene rings is 1. The SMILES string of the molecule is CC(O)c1cc([N+](=O)[O-])c(Oc2ccc(F)c(F)c2)s1.